The minimum absolute atomic E-state index is 0.986. The number of allylic oxidation sites excluding steroid dienone is 2. The summed E-state index contributed by atoms with van der Waals surface area (Å²) in [5.74, 6) is 12.2. The van der Waals surface area contributed by atoms with E-state index in [1.165, 1.54) is 0 Å². The van der Waals surface area contributed by atoms with Crippen LogP contribution in [0, 0.1) is 23.7 Å². The molecule has 0 aliphatic carbocycles. The summed E-state index contributed by atoms with van der Waals surface area (Å²) in [4.78, 5) is 0. The summed E-state index contributed by atoms with van der Waals surface area (Å²) in [6.07, 6.45) is 8.19. The lowest BCUT2D eigenvalue weighted by Gasteiger charge is -1.96. The molecule has 0 radical (unpaired) electrons. The van der Waals surface area contributed by atoms with Crippen LogP contribution in [0.25, 0.3) is 12.2 Å². The van der Waals surface area contributed by atoms with Crippen molar-refractivity contribution in [2.45, 2.75) is 0 Å². The molecular formula is C22H14S. The zero-order valence-electron chi connectivity index (χ0n) is 12.5. The maximum Gasteiger partial charge on any atom is 0.0328 e. The second kappa shape index (κ2) is 7.95. The Balaban J connectivity index is 2.04. The molecule has 1 heterocycles. The number of rotatable bonds is 0. The van der Waals surface area contributed by atoms with Crippen molar-refractivity contribution in [2.75, 3.05) is 0 Å². The molecule has 0 saturated heterocycles. The summed E-state index contributed by atoms with van der Waals surface area (Å²) in [7, 11) is 0. The monoisotopic (exact) mass is 310 g/mol. The molecule has 0 amide bonds. The van der Waals surface area contributed by atoms with Crippen LogP contribution in [0.3, 0.4) is 0 Å². The summed E-state index contributed by atoms with van der Waals surface area (Å²) in [6.45, 7) is 0. The predicted molar refractivity (Wildman–Crippen MR) is 101 cm³/mol. The van der Waals surface area contributed by atoms with Crippen LogP contribution in [0.2, 0.25) is 0 Å². The van der Waals surface area contributed by atoms with Crippen molar-refractivity contribution in [3.63, 3.8) is 0 Å². The molecule has 0 unspecified atom stereocenters. The van der Waals surface area contributed by atoms with Crippen LogP contribution in [0.1, 0.15) is 22.3 Å². The highest BCUT2D eigenvalue weighted by atomic mass is 32.2. The number of hydrogen-bond acceptors (Lipinski definition) is 1. The van der Waals surface area contributed by atoms with Crippen LogP contribution < -0.4 is 0 Å². The van der Waals surface area contributed by atoms with Crippen molar-refractivity contribution in [3.8, 4) is 23.7 Å². The predicted octanol–water partition coefficient (Wildman–Crippen LogP) is 5.33. The van der Waals surface area contributed by atoms with Gasteiger partial charge in [-0.15, -0.1) is 11.8 Å². The maximum atomic E-state index is 3.14. The largest absolute Gasteiger partial charge is 0.106 e. The summed E-state index contributed by atoms with van der Waals surface area (Å²) >= 11 is 1.64. The fourth-order valence-corrected chi connectivity index (χ4v) is 2.61. The van der Waals surface area contributed by atoms with Crippen LogP contribution in [-0.2, 0) is 0 Å². The Labute approximate surface area is 141 Å². The second-order valence-corrected chi connectivity index (χ2v) is 5.62. The van der Waals surface area contributed by atoms with E-state index in [4.69, 9.17) is 0 Å². The van der Waals surface area contributed by atoms with Crippen molar-refractivity contribution in [1.82, 2.24) is 0 Å². The van der Waals surface area contributed by atoms with Crippen molar-refractivity contribution in [2.24, 2.45) is 0 Å². The zero-order chi connectivity index (χ0) is 15.7. The first-order chi connectivity index (χ1) is 11.4. The van der Waals surface area contributed by atoms with Gasteiger partial charge in [-0.2, -0.15) is 0 Å². The maximum absolute atomic E-state index is 3.14. The Morgan fingerprint density at radius 3 is 1.91 bits per heavy atom. The van der Waals surface area contributed by atoms with E-state index in [1.807, 2.05) is 48.6 Å². The third-order valence-electron chi connectivity index (χ3n) is 3.25. The molecule has 0 bridgehead atoms. The Morgan fingerprint density at radius 1 is 0.609 bits per heavy atom. The fraction of sp³-hybridized carbons (Fsp3) is 0. The van der Waals surface area contributed by atoms with Crippen LogP contribution in [0.5, 0.6) is 0 Å². The van der Waals surface area contributed by atoms with Gasteiger partial charge in [0.2, 0.25) is 0 Å². The quantitative estimate of drug-likeness (QED) is 0.592. The van der Waals surface area contributed by atoms with E-state index in [0.717, 1.165) is 22.3 Å². The standard InChI is InChI=1S/C22H14S/c1-2-11-20-15-7-8-17-23-18-16-22-14-6-5-13-21(22)12-4-3-10-19(20)9-1/h1-2,5-9,11,13-18H/b15-7+,17-8+,18-16+. The van der Waals surface area contributed by atoms with Gasteiger partial charge in [0.05, 0.1) is 0 Å². The van der Waals surface area contributed by atoms with Gasteiger partial charge in [0.25, 0.3) is 0 Å². The number of thioether (sulfide) groups is 1. The third kappa shape index (κ3) is 4.30. The number of fused-ring (bicyclic) bond motifs is 2. The summed E-state index contributed by atoms with van der Waals surface area (Å²) in [5.41, 5.74) is 4.18. The van der Waals surface area contributed by atoms with Crippen molar-refractivity contribution in [3.05, 3.63) is 93.8 Å². The van der Waals surface area contributed by atoms with Gasteiger partial charge in [-0.3, -0.25) is 0 Å². The van der Waals surface area contributed by atoms with Crippen molar-refractivity contribution < 1.29 is 0 Å². The summed E-state index contributed by atoms with van der Waals surface area (Å²) in [5, 5.41) is 4.11. The highest BCUT2D eigenvalue weighted by Crippen LogP contribution is 2.14. The van der Waals surface area contributed by atoms with Gasteiger partial charge in [-0.1, -0.05) is 66.5 Å². The normalized spacial score (nSPS) is 16.7. The molecule has 1 aliphatic heterocycles. The minimum atomic E-state index is 0.986. The highest BCUT2D eigenvalue weighted by molar-refractivity contribution is 8.05. The summed E-state index contributed by atoms with van der Waals surface area (Å²) in [6, 6.07) is 16.2. The minimum Gasteiger partial charge on any atom is -0.106 e. The van der Waals surface area contributed by atoms with Gasteiger partial charge in [0.15, 0.2) is 0 Å². The van der Waals surface area contributed by atoms with Crippen LogP contribution >= 0.6 is 11.8 Å². The third-order valence-corrected chi connectivity index (χ3v) is 3.86. The van der Waals surface area contributed by atoms with E-state index in [-0.39, 0.29) is 0 Å². The molecule has 0 spiro atoms. The average Bonchev–Trinajstić information content (AvgIpc) is 2.60. The first kappa shape index (κ1) is 15.0. The van der Waals surface area contributed by atoms with Gasteiger partial charge in [0.1, 0.15) is 0 Å². The number of benzene rings is 2. The van der Waals surface area contributed by atoms with Crippen molar-refractivity contribution >= 4 is 23.9 Å². The first-order valence-corrected chi connectivity index (χ1v) is 8.23. The van der Waals surface area contributed by atoms with Gasteiger partial charge in [-0.05, 0) is 52.0 Å². The molecule has 23 heavy (non-hydrogen) atoms. The number of hydrogen-bond donors (Lipinski definition) is 0. The van der Waals surface area contributed by atoms with Gasteiger partial charge >= 0.3 is 0 Å². The lowest BCUT2D eigenvalue weighted by molar-refractivity contribution is 1.60. The molecule has 2 aromatic rings. The Bertz CT molecular complexity index is 906. The van der Waals surface area contributed by atoms with E-state index < -0.39 is 0 Å². The molecular weight excluding hydrogens is 296 g/mol. The smallest absolute Gasteiger partial charge is 0.0328 e. The highest BCUT2D eigenvalue weighted by Gasteiger charge is 1.95. The van der Waals surface area contributed by atoms with Crippen LogP contribution in [0.4, 0.5) is 0 Å². The lowest BCUT2D eigenvalue weighted by atomic mass is 10.1. The molecule has 1 heteroatoms. The summed E-state index contributed by atoms with van der Waals surface area (Å²) < 4.78 is 0. The Morgan fingerprint density at radius 2 is 1.22 bits per heavy atom. The Hall–Kier alpha value is -2.87. The molecule has 0 atom stereocenters. The molecule has 0 N–H and O–H groups in total. The first-order valence-electron chi connectivity index (χ1n) is 7.29. The van der Waals surface area contributed by atoms with Crippen LogP contribution in [-0.4, -0.2) is 0 Å². The van der Waals surface area contributed by atoms with E-state index in [0.29, 0.717) is 0 Å². The van der Waals surface area contributed by atoms with E-state index >= 15 is 0 Å². The SMILES string of the molecule is C1#Cc2ccccc2/C=C/C=C/S/C=C/c2ccccc2C#C1. The zero-order valence-corrected chi connectivity index (χ0v) is 13.3. The molecule has 0 saturated carbocycles. The van der Waals surface area contributed by atoms with E-state index in [9.17, 15) is 0 Å². The second-order valence-electron chi connectivity index (χ2n) is 4.80. The molecule has 3 rings (SSSR count). The van der Waals surface area contributed by atoms with Gasteiger partial charge in [0, 0.05) is 11.1 Å². The van der Waals surface area contributed by atoms with Crippen molar-refractivity contribution in [1.29, 1.82) is 0 Å². The average molecular weight is 310 g/mol. The molecule has 0 fully saturated rings. The molecule has 2 aromatic carbocycles. The Kier molecular flexibility index (Phi) is 5.20. The van der Waals surface area contributed by atoms with E-state index in [1.54, 1.807) is 11.8 Å². The van der Waals surface area contributed by atoms with Gasteiger partial charge in [-0.25, -0.2) is 0 Å². The molecule has 0 aromatic heterocycles. The van der Waals surface area contributed by atoms with E-state index in [2.05, 4.69) is 58.8 Å². The molecule has 1 aliphatic rings. The fourth-order valence-electron chi connectivity index (χ4n) is 2.12. The molecule has 0 nitrogen and oxygen atoms in total. The lowest BCUT2D eigenvalue weighted by Crippen LogP contribution is -1.81. The van der Waals surface area contributed by atoms with Crippen LogP contribution in [0.15, 0.2) is 71.5 Å². The van der Waals surface area contributed by atoms with Gasteiger partial charge < -0.3 is 0 Å². The molecule has 108 valence electrons. The topological polar surface area (TPSA) is 0 Å².